The van der Waals surface area contributed by atoms with Crippen LogP contribution in [0, 0.1) is 29.1 Å². The van der Waals surface area contributed by atoms with Gasteiger partial charge in [-0.2, -0.15) is 0 Å². The van der Waals surface area contributed by atoms with Crippen molar-refractivity contribution in [2.24, 2.45) is 29.1 Å². The molecule has 0 radical (unpaired) electrons. The first-order valence-corrected chi connectivity index (χ1v) is 11.6. The fourth-order valence-electron chi connectivity index (χ4n) is 4.76. The summed E-state index contributed by atoms with van der Waals surface area (Å²) < 4.78 is 6.10. The third-order valence-electron chi connectivity index (χ3n) is 7.08. The first-order valence-electron chi connectivity index (χ1n) is 11.6. The van der Waals surface area contributed by atoms with Crippen LogP contribution in [0.4, 0.5) is 0 Å². The molecule has 6 N–H and O–H groups in total. The Bertz CT molecular complexity index is 701. The molecule has 2 aliphatic rings. The smallest absolute Gasteiger partial charge is 0.311 e. The Hall–Kier alpha value is -1.70. The molecule has 32 heavy (non-hydrogen) atoms. The monoisotopic (exact) mass is 453 g/mol. The summed E-state index contributed by atoms with van der Waals surface area (Å²) in [4.78, 5) is 23.6. The lowest BCUT2D eigenvalue weighted by Crippen LogP contribution is -2.43. The van der Waals surface area contributed by atoms with Gasteiger partial charge in [-0.15, -0.1) is 0 Å². The summed E-state index contributed by atoms with van der Waals surface area (Å²) in [5.74, 6) is -0.347. The molecule has 184 valence electrons. The third kappa shape index (κ3) is 7.42. The largest absolute Gasteiger partial charge is 0.481 e. The summed E-state index contributed by atoms with van der Waals surface area (Å²) in [6, 6.07) is 0. The van der Waals surface area contributed by atoms with Crippen LogP contribution in [0.25, 0.3) is 0 Å². The number of carbonyl (C=O) groups excluding carboxylic acids is 1. The second kappa shape index (κ2) is 12.0. The second-order valence-corrected chi connectivity index (χ2v) is 10.2. The van der Waals surface area contributed by atoms with Crippen LogP contribution in [0.1, 0.15) is 73.1 Å². The topological polar surface area (TPSA) is 139 Å². The van der Waals surface area contributed by atoms with Gasteiger partial charge in [0.05, 0.1) is 24.0 Å². The number of carboxylic acids is 1. The Morgan fingerprint density at radius 2 is 1.88 bits per heavy atom. The highest BCUT2D eigenvalue weighted by Crippen LogP contribution is 2.45. The number of carboxylic acid groups (broad SMARTS) is 1. The van der Waals surface area contributed by atoms with Gasteiger partial charge >= 0.3 is 11.9 Å². The van der Waals surface area contributed by atoms with E-state index in [0.717, 1.165) is 6.42 Å². The Labute approximate surface area is 192 Å². The van der Waals surface area contributed by atoms with Crippen molar-refractivity contribution in [3.05, 3.63) is 23.8 Å². The van der Waals surface area contributed by atoms with Crippen LogP contribution in [0.15, 0.2) is 23.8 Å². The number of hydrogen-bond donors (Lipinski definition) is 4. The molecule has 0 aromatic carbocycles. The Kier molecular flexibility index (Phi) is 10.6. The van der Waals surface area contributed by atoms with Crippen molar-refractivity contribution in [2.45, 2.75) is 91.5 Å². The molecule has 0 aliphatic heterocycles. The number of hydrogen-bond acceptors (Lipinski definition) is 6. The van der Waals surface area contributed by atoms with Crippen LogP contribution >= 0.6 is 0 Å². The molecule has 0 aromatic rings. The maximum absolute atomic E-state index is 12.8. The van der Waals surface area contributed by atoms with Crippen LogP contribution in [0.3, 0.4) is 0 Å². The first kappa shape index (κ1) is 28.3. The number of aliphatic hydroxyl groups is 2. The Balaban J connectivity index is 0.00000512. The van der Waals surface area contributed by atoms with Gasteiger partial charge in [0.15, 0.2) is 0 Å². The van der Waals surface area contributed by atoms with Gasteiger partial charge in [-0.25, -0.2) is 0 Å². The zero-order valence-corrected chi connectivity index (χ0v) is 20.3. The summed E-state index contributed by atoms with van der Waals surface area (Å²) in [6.45, 7) is 10.1. The van der Waals surface area contributed by atoms with Crippen molar-refractivity contribution in [3.8, 4) is 0 Å². The van der Waals surface area contributed by atoms with Crippen LogP contribution in [0.2, 0.25) is 0 Å². The number of fused-ring (bicyclic) bond motifs is 1. The Morgan fingerprint density at radius 1 is 1.22 bits per heavy atom. The van der Waals surface area contributed by atoms with E-state index in [0.29, 0.717) is 25.2 Å². The molecule has 2 unspecified atom stereocenters. The van der Waals surface area contributed by atoms with E-state index >= 15 is 0 Å². The molecule has 7 atom stereocenters. The molecular formula is C25H43NO6. The summed E-state index contributed by atoms with van der Waals surface area (Å²) in [7, 11) is 0. The third-order valence-corrected chi connectivity index (χ3v) is 7.08. The van der Waals surface area contributed by atoms with Gasteiger partial charge in [0.2, 0.25) is 0 Å². The number of rotatable bonds is 10. The number of aliphatic carboxylic acids is 1. The second-order valence-electron chi connectivity index (χ2n) is 10.2. The van der Waals surface area contributed by atoms with Gasteiger partial charge in [-0.05, 0) is 69.3 Å². The number of esters is 1. The number of aliphatic hydroxyl groups excluding tert-OH is 2. The molecule has 0 saturated carbocycles. The van der Waals surface area contributed by atoms with Crippen molar-refractivity contribution in [1.29, 1.82) is 0 Å². The van der Waals surface area contributed by atoms with Crippen LogP contribution < -0.4 is 6.15 Å². The normalized spacial score (nSPS) is 29.2. The molecule has 0 fully saturated rings. The zero-order valence-electron chi connectivity index (χ0n) is 20.3. The van der Waals surface area contributed by atoms with E-state index in [2.05, 4.69) is 32.1 Å². The highest BCUT2D eigenvalue weighted by molar-refractivity contribution is 5.76. The molecule has 7 heteroatoms. The lowest BCUT2D eigenvalue weighted by atomic mass is 9.65. The van der Waals surface area contributed by atoms with E-state index in [1.54, 1.807) is 0 Å². The van der Waals surface area contributed by atoms with Crippen molar-refractivity contribution in [3.63, 3.8) is 0 Å². The van der Waals surface area contributed by atoms with E-state index in [1.165, 1.54) is 5.57 Å². The maximum Gasteiger partial charge on any atom is 0.311 e. The zero-order chi connectivity index (χ0) is 23.3. The van der Waals surface area contributed by atoms with Crippen molar-refractivity contribution >= 4 is 11.9 Å². The van der Waals surface area contributed by atoms with Gasteiger partial charge in [0.1, 0.15) is 6.10 Å². The van der Waals surface area contributed by atoms with E-state index in [-0.39, 0.29) is 48.8 Å². The average molecular weight is 454 g/mol. The molecule has 2 aliphatic carbocycles. The molecule has 0 bridgehead atoms. The van der Waals surface area contributed by atoms with Crippen molar-refractivity contribution in [1.82, 2.24) is 6.15 Å². The lowest BCUT2D eigenvalue weighted by molar-refractivity contribution is -0.164. The minimum Gasteiger partial charge on any atom is -0.481 e. The van der Waals surface area contributed by atoms with Gasteiger partial charge in [-0.3, -0.25) is 9.59 Å². The van der Waals surface area contributed by atoms with Crippen LogP contribution in [-0.2, 0) is 14.3 Å². The van der Waals surface area contributed by atoms with Crippen LogP contribution in [0.5, 0.6) is 0 Å². The van der Waals surface area contributed by atoms with Crippen molar-refractivity contribution < 1.29 is 29.6 Å². The number of ether oxygens (including phenoxy) is 1. The summed E-state index contributed by atoms with van der Waals surface area (Å²) in [6.07, 6.45) is 6.98. The van der Waals surface area contributed by atoms with Crippen molar-refractivity contribution in [2.75, 3.05) is 0 Å². The predicted octanol–water partition coefficient (Wildman–Crippen LogP) is 4.27. The molecule has 7 nitrogen and oxygen atoms in total. The maximum atomic E-state index is 12.8. The summed E-state index contributed by atoms with van der Waals surface area (Å²) in [5.41, 5.74) is 0.682. The molecule has 0 amide bonds. The van der Waals surface area contributed by atoms with E-state index < -0.39 is 23.6 Å². The first-order chi connectivity index (χ1) is 14.4. The molecule has 0 saturated heterocycles. The standard InChI is InChI=1S/C25H40O6.H3N/c1-6-25(4,5)24(30)31-21-12-15(2)11-17-8-7-16(3)20(23(17)21)10-9-18(26)13-19(27)14-22(28)29;/h7-8,11,15-16,18-21,23,26-27H,6,9-10,12-14H2,1-5H3,(H,28,29);1H3/t15-,16-,18?,19?,20-,21-,23-;/m0./s1. The van der Waals surface area contributed by atoms with Gasteiger partial charge in [0, 0.05) is 5.92 Å². The highest BCUT2D eigenvalue weighted by atomic mass is 16.5. The fourth-order valence-corrected chi connectivity index (χ4v) is 4.76. The molecule has 0 heterocycles. The minimum absolute atomic E-state index is 0. The van der Waals surface area contributed by atoms with Gasteiger partial charge < -0.3 is 26.2 Å². The average Bonchev–Trinajstić information content (AvgIpc) is 2.66. The van der Waals surface area contributed by atoms with Gasteiger partial charge in [0.25, 0.3) is 0 Å². The molecule has 0 spiro atoms. The number of carbonyl (C=O) groups is 2. The van der Waals surface area contributed by atoms with Gasteiger partial charge in [-0.1, -0.05) is 39.0 Å². The molecule has 2 rings (SSSR count). The van der Waals surface area contributed by atoms with E-state index in [9.17, 15) is 19.8 Å². The predicted molar refractivity (Wildman–Crippen MR) is 124 cm³/mol. The highest BCUT2D eigenvalue weighted by Gasteiger charge is 2.42. The van der Waals surface area contributed by atoms with E-state index in [4.69, 9.17) is 9.84 Å². The molecule has 0 aromatic heterocycles. The minimum atomic E-state index is -1.07. The van der Waals surface area contributed by atoms with Crippen LogP contribution in [-0.4, -0.2) is 45.6 Å². The summed E-state index contributed by atoms with van der Waals surface area (Å²) >= 11 is 0. The fraction of sp³-hybridized carbons (Fsp3) is 0.760. The van der Waals surface area contributed by atoms with E-state index in [1.807, 2.05) is 20.8 Å². The quantitative estimate of drug-likeness (QED) is 0.362. The Morgan fingerprint density at radius 3 is 2.47 bits per heavy atom. The molecular weight excluding hydrogens is 410 g/mol. The SMILES string of the molecule is CCC(C)(C)C(=O)O[C@H]1C[C@@H](C)C=C2C=C[C@H](C)[C@H](CCC(O)CC(O)CC(=O)O)[C@H]21.N. The lowest BCUT2D eigenvalue weighted by Gasteiger charge is -2.44. The number of allylic oxidation sites excluding steroid dienone is 3. The summed E-state index contributed by atoms with van der Waals surface area (Å²) in [5, 5.41) is 29.0.